The number of nitrogens with zero attached hydrogens (tertiary/aromatic N) is 4. The highest BCUT2D eigenvalue weighted by Crippen LogP contribution is 2.48. The van der Waals surface area contributed by atoms with Crippen LogP contribution in [-0.2, 0) is 32.6 Å². The molecule has 3 heterocycles. The lowest BCUT2D eigenvalue weighted by Crippen LogP contribution is -2.45. The zero-order chi connectivity index (χ0) is 38.9. The van der Waals surface area contributed by atoms with Crippen LogP contribution in [0.4, 0.5) is 41.6 Å². The van der Waals surface area contributed by atoms with Crippen LogP contribution < -0.4 is 9.64 Å². The average molecular weight is 743 g/mol. The van der Waals surface area contributed by atoms with Crippen LogP contribution in [0.2, 0.25) is 0 Å². The van der Waals surface area contributed by atoms with E-state index in [-0.39, 0.29) is 11.3 Å². The highest BCUT2D eigenvalue weighted by atomic mass is 19.4. The van der Waals surface area contributed by atoms with Crippen molar-refractivity contribution in [2.24, 2.45) is 5.41 Å². The van der Waals surface area contributed by atoms with Crippen molar-refractivity contribution in [3.05, 3.63) is 65.6 Å². The number of rotatable bonds is 4. The highest BCUT2D eigenvalue weighted by Gasteiger charge is 2.61. The lowest BCUT2D eigenvalue weighted by Gasteiger charge is -2.32. The number of ether oxygens (including phenoxy) is 4. The number of benzene rings is 1. The fourth-order valence-electron chi connectivity index (χ4n) is 4.78. The molecule has 1 atom stereocenters. The number of alkyl halides is 6. The zero-order valence-corrected chi connectivity index (χ0v) is 29.9. The summed E-state index contributed by atoms with van der Waals surface area (Å²) in [6.45, 7) is 10.9. The Morgan fingerprint density at radius 2 is 1.44 bits per heavy atom. The van der Waals surface area contributed by atoms with Crippen molar-refractivity contribution in [1.82, 2.24) is 15.2 Å². The maximum atomic E-state index is 15.3. The Labute approximate surface area is 296 Å². The van der Waals surface area contributed by atoms with Gasteiger partial charge in [-0.2, -0.15) is 31.2 Å². The van der Waals surface area contributed by atoms with E-state index in [0.29, 0.717) is 11.6 Å². The normalized spacial score (nSPS) is 18.8. The molecule has 2 aromatic heterocycles. The van der Waals surface area contributed by atoms with E-state index < -0.39 is 101 Å². The molecule has 1 aliphatic rings. The molecule has 0 radical (unpaired) electrons. The number of carbonyl (C=O) groups is 2. The fourth-order valence-corrected chi connectivity index (χ4v) is 4.78. The molecule has 11 nitrogen and oxygen atoms in total. The van der Waals surface area contributed by atoms with Gasteiger partial charge >= 0.3 is 24.5 Å². The van der Waals surface area contributed by atoms with Gasteiger partial charge in [-0.3, -0.25) is 0 Å². The number of fused-ring (bicyclic) bond motifs is 5. The maximum absolute atomic E-state index is 15.3. The number of imide groups is 1. The highest BCUT2D eigenvalue weighted by molar-refractivity contribution is 6.11. The molecule has 0 aliphatic carbocycles. The van der Waals surface area contributed by atoms with Crippen LogP contribution in [0.3, 0.4) is 0 Å². The van der Waals surface area contributed by atoms with Crippen LogP contribution >= 0.6 is 0 Å². The van der Waals surface area contributed by atoms with Crippen molar-refractivity contribution in [3.8, 4) is 17.5 Å². The van der Waals surface area contributed by atoms with Crippen molar-refractivity contribution in [2.75, 3.05) is 11.5 Å². The number of pyridine rings is 1. The predicted octanol–water partition coefficient (Wildman–Crippen LogP) is 9.56. The van der Waals surface area contributed by atoms with Gasteiger partial charge < -0.3 is 23.4 Å². The molecule has 3 aromatic rings. The molecule has 4 rings (SSSR count). The van der Waals surface area contributed by atoms with E-state index in [4.69, 9.17) is 23.4 Å². The lowest BCUT2D eigenvalue weighted by molar-refractivity contribution is -0.295. The van der Waals surface area contributed by atoms with E-state index >= 15 is 13.2 Å². The molecule has 52 heavy (non-hydrogen) atoms. The Morgan fingerprint density at radius 3 is 1.98 bits per heavy atom. The van der Waals surface area contributed by atoms with Gasteiger partial charge in [0.15, 0.2) is 5.69 Å². The standard InChI is InChI=1S/C35H40F6N4O7/c1-30(2,3)51-28(46)45(29(47)52-31(4,5)6)23-18-22(34(36,37)38)25-42-24(23)26-43-44-27(50-26)33(35(39,40)41,49-19-21-14-10-9-11-15-21)17-13-12-16-32(7,8)20-48-25/h9-15,18H,16-17,19-20H2,1-8H3/b13-12+/t33-/m1/s1. The molecule has 0 fully saturated rings. The Kier molecular flexibility index (Phi) is 11.1. The van der Waals surface area contributed by atoms with Crippen LogP contribution in [0.15, 0.2) is 53.0 Å². The van der Waals surface area contributed by atoms with Crippen LogP contribution in [0, 0.1) is 5.41 Å². The third-order valence-electron chi connectivity index (χ3n) is 7.27. The predicted molar refractivity (Wildman–Crippen MR) is 174 cm³/mol. The van der Waals surface area contributed by atoms with Gasteiger partial charge in [0, 0.05) is 11.8 Å². The molecule has 0 saturated carbocycles. The van der Waals surface area contributed by atoms with Gasteiger partial charge in [-0.15, -0.1) is 10.2 Å². The minimum absolute atomic E-state index is 0.0616. The molecule has 0 N–H and O–H groups in total. The van der Waals surface area contributed by atoms with Gasteiger partial charge in [0.2, 0.25) is 11.5 Å². The zero-order valence-electron chi connectivity index (χ0n) is 29.9. The van der Waals surface area contributed by atoms with E-state index in [0.717, 1.165) is 0 Å². The van der Waals surface area contributed by atoms with E-state index in [1.807, 2.05) is 0 Å². The van der Waals surface area contributed by atoms with E-state index in [1.54, 1.807) is 44.2 Å². The van der Waals surface area contributed by atoms with Crippen molar-refractivity contribution >= 4 is 17.9 Å². The van der Waals surface area contributed by atoms with Crippen LogP contribution in [0.25, 0.3) is 11.6 Å². The third kappa shape index (κ3) is 9.60. The Hall–Kier alpha value is -4.67. The quantitative estimate of drug-likeness (QED) is 0.188. The van der Waals surface area contributed by atoms with Gasteiger partial charge in [-0.25, -0.2) is 14.6 Å². The first-order valence-electron chi connectivity index (χ1n) is 16.1. The first-order chi connectivity index (χ1) is 23.8. The summed E-state index contributed by atoms with van der Waals surface area (Å²) in [5.41, 5.74) is -9.68. The van der Waals surface area contributed by atoms with Crippen molar-refractivity contribution < 1.29 is 59.3 Å². The average Bonchev–Trinajstić information content (AvgIpc) is 3.47. The molecule has 17 heteroatoms. The summed E-state index contributed by atoms with van der Waals surface area (Å²) in [5.74, 6) is -3.06. The molecule has 0 unspecified atom stereocenters. The number of amides is 2. The first-order valence-corrected chi connectivity index (χ1v) is 16.1. The third-order valence-corrected chi connectivity index (χ3v) is 7.27. The number of anilines is 1. The van der Waals surface area contributed by atoms with E-state index in [9.17, 15) is 22.8 Å². The lowest BCUT2D eigenvalue weighted by atomic mass is 9.89. The van der Waals surface area contributed by atoms with Crippen molar-refractivity contribution in [2.45, 2.75) is 104 Å². The molecule has 4 bridgehead atoms. The van der Waals surface area contributed by atoms with Gasteiger partial charge in [0.05, 0.1) is 18.9 Å². The number of hydrogen-bond acceptors (Lipinski definition) is 10. The number of allylic oxidation sites excluding steroid dienone is 1. The van der Waals surface area contributed by atoms with Gasteiger partial charge in [0.25, 0.3) is 11.8 Å². The van der Waals surface area contributed by atoms with Crippen LogP contribution in [0.1, 0.15) is 85.2 Å². The molecule has 2 amide bonds. The summed E-state index contributed by atoms with van der Waals surface area (Å²) in [4.78, 5) is 31.3. The monoisotopic (exact) mass is 742 g/mol. The number of hydrogen-bond donors (Lipinski definition) is 0. The first kappa shape index (κ1) is 40.1. The van der Waals surface area contributed by atoms with Crippen molar-refractivity contribution in [3.63, 3.8) is 0 Å². The molecule has 0 spiro atoms. The second-order valence-electron chi connectivity index (χ2n) is 14.8. The number of carbonyl (C=O) groups excluding carboxylic acids is 2. The Balaban J connectivity index is 2.06. The van der Waals surface area contributed by atoms with Gasteiger partial charge in [-0.05, 0) is 59.6 Å². The topological polar surface area (TPSA) is 126 Å². The fraction of sp³-hybridized carbons (Fsp3) is 0.514. The molecular formula is C35H40F6N4O7. The smallest absolute Gasteiger partial charge is 0.426 e. The second-order valence-corrected chi connectivity index (χ2v) is 14.8. The van der Waals surface area contributed by atoms with E-state index in [2.05, 4.69) is 15.2 Å². The summed E-state index contributed by atoms with van der Waals surface area (Å²) in [7, 11) is 0. The van der Waals surface area contributed by atoms with E-state index in [1.165, 1.54) is 53.7 Å². The summed E-state index contributed by atoms with van der Waals surface area (Å²) in [6, 6.07) is 8.34. The van der Waals surface area contributed by atoms with Crippen molar-refractivity contribution in [1.29, 1.82) is 0 Å². The summed E-state index contributed by atoms with van der Waals surface area (Å²) in [6.07, 6.45) is -11.5. The molecule has 1 aromatic carbocycles. The number of halogens is 6. The molecular weight excluding hydrogens is 702 g/mol. The minimum atomic E-state index is -5.19. The van der Waals surface area contributed by atoms with Crippen LogP contribution in [0.5, 0.6) is 5.88 Å². The molecule has 0 saturated heterocycles. The van der Waals surface area contributed by atoms with Gasteiger partial charge in [-0.1, -0.05) is 56.3 Å². The van der Waals surface area contributed by atoms with Crippen LogP contribution in [-0.4, -0.2) is 51.4 Å². The summed E-state index contributed by atoms with van der Waals surface area (Å²) in [5, 5.41) is 7.38. The largest absolute Gasteiger partial charge is 0.477 e. The maximum Gasteiger partial charge on any atom is 0.426 e. The molecule has 1 aliphatic heterocycles. The second kappa shape index (κ2) is 14.4. The summed E-state index contributed by atoms with van der Waals surface area (Å²) >= 11 is 0. The Bertz CT molecular complexity index is 1750. The summed E-state index contributed by atoms with van der Waals surface area (Å²) < 4.78 is 117. The minimum Gasteiger partial charge on any atom is -0.477 e. The Morgan fingerprint density at radius 1 is 0.865 bits per heavy atom. The van der Waals surface area contributed by atoms with Gasteiger partial charge in [0.1, 0.15) is 16.8 Å². The SMILES string of the molecule is CC1(C)C/C=C/C[C@](OCc2ccccc2)(C(F)(F)F)c2nnc(o2)-c2nc(c(C(F)(F)F)cc2N(C(=O)OC(C)(C)C)C(=O)OC(C)(C)C)OC1. The number of aromatic nitrogens is 3. The molecule has 284 valence electrons.